The lowest BCUT2D eigenvalue weighted by Crippen LogP contribution is -2.30. The Morgan fingerprint density at radius 3 is 2.56 bits per heavy atom. The zero-order chi connectivity index (χ0) is 18.8. The molecule has 1 aromatic heterocycles. The van der Waals surface area contributed by atoms with Gasteiger partial charge in [0.1, 0.15) is 6.10 Å². The normalized spacial score (nSPS) is 22.3. The van der Waals surface area contributed by atoms with Gasteiger partial charge < -0.3 is 14.7 Å². The number of ether oxygens (including phenoxy) is 1. The van der Waals surface area contributed by atoms with Gasteiger partial charge in [0, 0.05) is 36.8 Å². The van der Waals surface area contributed by atoms with Gasteiger partial charge in [-0.25, -0.2) is 4.98 Å². The average Bonchev–Trinajstić information content (AvgIpc) is 3.11. The highest BCUT2D eigenvalue weighted by atomic mass is 16.5. The Morgan fingerprint density at radius 1 is 1.11 bits per heavy atom. The third-order valence-corrected chi connectivity index (χ3v) is 5.47. The first-order valence-corrected chi connectivity index (χ1v) is 9.31. The molecule has 0 bridgehead atoms. The van der Waals surface area contributed by atoms with Crippen molar-refractivity contribution in [1.82, 2.24) is 9.88 Å². The smallest absolute Gasteiger partial charge is 0.308 e. The van der Waals surface area contributed by atoms with Gasteiger partial charge in [0.2, 0.25) is 5.88 Å². The van der Waals surface area contributed by atoms with Gasteiger partial charge in [-0.1, -0.05) is 30.3 Å². The quantitative estimate of drug-likeness (QED) is 0.880. The second kappa shape index (κ2) is 7.39. The van der Waals surface area contributed by atoms with Crippen molar-refractivity contribution in [2.24, 2.45) is 5.92 Å². The molecule has 140 valence electrons. The summed E-state index contributed by atoms with van der Waals surface area (Å²) >= 11 is 0. The molecule has 0 radical (unpaired) electrons. The van der Waals surface area contributed by atoms with Crippen LogP contribution in [0.3, 0.4) is 0 Å². The van der Waals surface area contributed by atoms with E-state index in [4.69, 9.17) is 4.74 Å². The first-order valence-electron chi connectivity index (χ1n) is 9.31. The molecule has 1 N–H and O–H groups in total. The van der Waals surface area contributed by atoms with Crippen LogP contribution in [0.4, 0.5) is 0 Å². The van der Waals surface area contributed by atoms with E-state index in [2.05, 4.69) is 4.98 Å². The SMILES string of the molecule is O=C(O)C1CN(C(=O)c2ccnc(OC3CCC3)c2)CC1c1ccccc1. The van der Waals surface area contributed by atoms with Crippen LogP contribution < -0.4 is 4.74 Å². The number of amides is 1. The molecular formula is C21H22N2O4. The molecule has 1 aliphatic carbocycles. The topological polar surface area (TPSA) is 79.7 Å². The number of carboxylic acid groups (broad SMARTS) is 1. The summed E-state index contributed by atoms with van der Waals surface area (Å²) in [7, 11) is 0. The number of carboxylic acids is 1. The maximum Gasteiger partial charge on any atom is 0.308 e. The zero-order valence-corrected chi connectivity index (χ0v) is 15.0. The number of hydrogen-bond acceptors (Lipinski definition) is 4. The number of aromatic nitrogens is 1. The van der Waals surface area contributed by atoms with Crippen molar-refractivity contribution < 1.29 is 19.4 Å². The van der Waals surface area contributed by atoms with E-state index in [0.717, 1.165) is 24.8 Å². The molecular weight excluding hydrogens is 344 g/mol. The van der Waals surface area contributed by atoms with E-state index >= 15 is 0 Å². The molecule has 1 saturated heterocycles. The Balaban J connectivity index is 1.52. The summed E-state index contributed by atoms with van der Waals surface area (Å²) in [5, 5.41) is 9.62. The van der Waals surface area contributed by atoms with E-state index in [1.807, 2.05) is 30.3 Å². The molecule has 27 heavy (non-hydrogen) atoms. The summed E-state index contributed by atoms with van der Waals surface area (Å²) in [4.78, 5) is 30.5. The molecule has 0 spiro atoms. The van der Waals surface area contributed by atoms with Crippen molar-refractivity contribution in [3.8, 4) is 5.88 Å². The van der Waals surface area contributed by atoms with Crippen molar-refractivity contribution >= 4 is 11.9 Å². The van der Waals surface area contributed by atoms with Gasteiger partial charge in [-0.15, -0.1) is 0 Å². The van der Waals surface area contributed by atoms with Crippen molar-refractivity contribution in [2.45, 2.75) is 31.3 Å². The standard InChI is InChI=1S/C21H22N2O4/c24-20(15-9-10-22-19(11-15)27-16-7-4-8-16)23-12-17(18(13-23)21(25)26)14-5-2-1-3-6-14/h1-3,5-6,9-11,16-18H,4,7-8,12-13H2,(H,25,26). The number of carbonyl (C=O) groups excluding carboxylic acids is 1. The predicted molar refractivity (Wildman–Crippen MR) is 98.7 cm³/mol. The van der Waals surface area contributed by atoms with E-state index in [-0.39, 0.29) is 24.5 Å². The lowest BCUT2D eigenvalue weighted by Gasteiger charge is -2.25. The van der Waals surface area contributed by atoms with E-state index in [1.54, 1.807) is 23.2 Å². The van der Waals surface area contributed by atoms with E-state index in [9.17, 15) is 14.7 Å². The van der Waals surface area contributed by atoms with Crippen LogP contribution >= 0.6 is 0 Å². The average molecular weight is 366 g/mol. The Labute approximate surface area is 157 Å². The molecule has 2 heterocycles. The highest BCUT2D eigenvalue weighted by Crippen LogP contribution is 2.34. The molecule has 6 nitrogen and oxygen atoms in total. The van der Waals surface area contributed by atoms with Crippen LogP contribution in [-0.4, -0.2) is 46.1 Å². The number of rotatable bonds is 5. The van der Waals surface area contributed by atoms with Gasteiger partial charge in [-0.05, 0) is 30.9 Å². The van der Waals surface area contributed by atoms with Crippen LogP contribution in [0.15, 0.2) is 48.7 Å². The summed E-state index contributed by atoms with van der Waals surface area (Å²) in [6, 6.07) is 12.8. The number of carbonyl (C=O) groups is 2. The van der Waals surface area contributed by atoms with Gasteiger partial charge in [0.25, 0.3) is 5.91 Å². The Kier molecular flexibility index (Phi) is 4.79. The third-order valence-electron chi connectivity index (χ3n) is 5.47. The van der Waals surface area contributed by atoms with Crippen LogP contribution in [-0.2, 0) is 4.79 Å². The maximum absolute atomic E-state index is 13.0. The molecule has 1 saturated carbocycles. The highest BCUT2D eigenvalue weighted by Gasteiger charge is 2.40. The van der Waals surface area contributed by atoms with Gasteiger partial charge in [-0.3, -0.25) is 9.59 Å². The van der Waals surface area contributed by atoms with E-state index in [1.165, 1.54) is 0 Å². The molecule has 2 atom stereocenters. The lowest BCUT2D eigenvalue weighted by atomic mass is 9.89. The molecule has 2 unspecified atom stereocenters. The lowest BCUT2D eigenvalue weighted by molar-refractivity contribution is -0.141. The van der Waals surface area contributed by atoms with E-state index < -0.39 is 11.9 Å². The Morgan fingerprint density at radius 2 is 1.89 bits per heavy atom. The van der Waals surface area contributed by atoms with Crippen LogP contribution in [0.25, 0.3) is 0 Å². The fourth-order valence-corrected chi connectivity index (χ4v) is 3.71. The van der Waals surface area contributed by atoms with Crippen LogP contribution in [0.2, 0.25) is 0 Å². The second-order valence-electron chi connectivity index (χ2n) is 7.23. The minimum Gasteiger partial charge on any atom is -0.481 e. The number of hydrogen-bond donors (Lipinski definition) is 1. The summed E-state index contributed by atoms with van der Waals surface area (Å²) in [6.07, 6.45) is 4.96. The molecule has 2 aromatic rings. The van der Waals surface area contributed by atoms with Gasteiger partial charge in [-0.2, -0.15) is 0 Å². The minimum absolute atomic E-state index is 0.180. The summed E-state index contributed by atoms with van der Waals surface area (Å²) < 4.78 is 5.78. The van der Waals surface area contributed by atoms with Gasteiger partial charge in [0.05, 0.1) is 5.92 Å². The fraction of sp³-hybridized carbons (Fsp3) is 0.381. The van der Waals surface area contributed by atoms with Crippen molar-refractivity contribution in [2.75, 3.05) is 13.1 Å². The largest absolute Gasteiger partial charge is 0.481 e. The Hall–Kier alpha value is -2.89. The Bertz CT molecular complexity index is 835. The van der Waals surface area contributed by atoms with Gasteiger partial charge >= 0.3 is 5.97 Å². The number of pyridine rings is 1. The van der Waals surface area contributed by atoms with Crippen LogP contribution in [0.1, 0.15) is 41.1 Å². The first-order chi connectivity index (χ1) is 13.1. The number of benzene rings is 1. The van der Waals surface area contributed by atoms with Crippen LogP contribution in [0, 0.1) is 5.92 Å². The number of nitrogens with zero attached hydrogens (tertiary/aromatic N) is 2. The molecule has 1 aromatic carbocycles. The monoisotopic (exact) mass is 366 g/mol. The van der Waals surface area contributed by atoms with Gasteiger partial charge in [0.15, 0.2) is 0 Å². The molecule has 1 amide bonds. The molecule has 1 aliphatic heterocycles. The zero-order valence-electron chi connectivity index (χ0n) is 15.0. The highest BCUT2D eigenvalue weighted by molar-refractivity contribution is 5.95. The number of likely N-dealkylation sites (tertiary alicyclic amines) is 1. The summed E-state index contributed by atoms with van der Waals surface area (Å²) in [5.41, 5.74) is 1.43. The summed E-state index contributed by atoms with van der Waals surface area (Å²) in [5.74, 6) is -1.41. The molecule has 4 rings (SSSR count). The number of aliphatic carboxylic acids is 1. The first kappa shape index (κ1) is 17.5. The van der Waals surface area contributed by atoms with Crippen molar-refractivity contribution in [1.29, 1.82) is 0 Å². The van der Waals surface area contributed by atoms with Crippen LogP contribution in [0.5, 0.6) is 5.88 Å². The minimum atomic E-state index is -0.872. The molecule has 6 heteroatoms. The third kappa shape index (κ3) is 3.65. The predicted octanol–water partition coefficient (Wildman–Crippen LogP) is 2.95. The molecule has 2 aliphatic rings. The van der Waals surface area contributed by atoms with Crippen molar-refractivity contribution in [3.05, 3.63) is 59.8 Å². The molecule has 2 fully saturated rings. The van der Waals surface area contributed by atoms with E-state index in [0.29, 0.717) is 18.0 Å². The fourth-order valence-electron chi connectivity index (χ4n) is 3.71. The second-order valence-corrected chi connectivity index (χ2v) is 7.23. The van der Waals surface area contributed by atoms with Crippen molar-refractivity contribution in [3.63, 3.8) is 0 Å². The summed E-state index contributed by atoms with van der Waals surface area (Å²) in [6.45, 7) is 0.593. The maximum atomic E-state index is 13.0.